The molecule has 6 nitrogen and oxygen atoms in total. The Morgan fingerprint density at radius 3 is 2.37 bits per heavy atom. The molecular formula is C21H26N4O2. The number of rotatable bonds is 3. The summed E-state index contributed by atoms with van der Waals surface area (Å²) in [4.78, 5) is 27.7. The molecule has 6 heteroatoms. The highest BCUT2D eigenvalue weighted by molar-refractivity contribution is 6.07. The average molecular weight is 366 g/mol. The van der Waals surface area contributed by atoms with E-state index in [2.05, 4.69) is 21.2 Å². The SMILES string of the molecule is O=C(NCC12CC3CC(CC(C3)C1)C2)NNC(=O)c1c[nH]c2ccccc12. The number of hydrogen-bond donors (Lipinski definition) is 4. The highest BCUT2D eigenvalue weighted by Gasteiger charge is 2.50. The normalized spacial score (nSPS) is 31.0. The van der Waals surface area contributed by atoms with E-state index in [4.69, 9.17) is 0 Å². The van der Waals surface area contributed by atoms with E-state index in [9.17, 15) is 9.59 Å². The smallest absolute Gasteiger partial charge is 0.333 e. The lowest BCUT2D eigenvalue weighted by Crippen LogP contribution is -2.54. The number of urea groups is 1. The van der Waals surface area contributed by atoms with Crippen molar-refractivity contribution in [2.24, 2.45) is 23.2 Å². The number of carbonyl (C=O) groups is 2. The zero-order valence-corrected chi connectivity index (χ0v) is 15.4. The molecule has 0 unspecified atom stereocenters. The van der Waals surface area contributed by atoms with Gasteiger partial charge < -0.3 is 10.3 Å². The summed E-state index contributed by atoms with van der Waals surface area (Å²) >= 11 is 0. The third-order valence-corrected chi connectivity index (χ3v) is 6.91. The van der Waals surface area contributed by atoms with Gasteiger partial charge in [-0.15, -0.1) is 0 Å². The maximum absolute atomic E-state index is 12.4. The number of hydrogen-bond acceptors (Lipinski definition) is 2. The number of para-hydroxylation sites is 1. The summed E-state index contributed by atoms with van der Waals surface area (Å²) in [7, 11) is 0. The number of benzene rings is 1. The summed E-state index contributed by atoms with van der Waals surface area (Å²) in [5, 5.41) is 3.84. The highest BCUT2D eigenvalue weighted by Crippen LogP contribution is 2.59. The van der Waals surface area contributed by atoms with E-state index in [0.29, 0.717) is 12.1 Å². The largest absolute Gasteiger partial charge is 0.360 e. The molecule has 2 aromatic rings. The van der Waals surface area contributed by atoms with Gasteiger partial charge in [-0.25, -0.2) is 10.2 Å². The van der Waals surface area contributed by atoms with Crippen molar-refractivity contribution < 1.29 is 9.59 Å². The van der Waals surface area contributed by atoms with Crippen molar-refractivity contribution in [3.05, 3.63) is 36.0 Å². The van der Waals surface area contributed by atoms with Gasteiger partial charge in [-0.05, 0) is 67.8 Å². The van der Waals surface area contributed by atoms with Crippen LogP contribution in [0.3, 0.4) is 0 Å². The molecule has 0 aliphatic heterocycles. The van der Waals surface area contributed by atoms with Crippen LogP contribution < -0.4 is 16.2 Å². The van der Waals surface area contributed by atoms with Gasteiger partial charge in [0.2, 0.25) is 0 Å². The summed E-state index contributed by atoms with van der Waals surface area (Å²) in [6.45, 7) is 0.714. The quantitative estimate of drug-likeness (QED) is 0.628. The molecule has 0 atom stereocenters. The number of amides is 3. The van der Waals surface area contributed by atoms with E-state index in [1.807, 2.05) is 24.3 Å². The second kappa shape index (κ2) is 6.29. The van der Waals surface area contributed by atoms with Crippen LogP contribution in [0.4, 0.5) is 4.79 Å². The first-order valence-corrected chi connectivity index (χ1v) is 10.0. The van der Waals surface area contributed by atoms with E-state index in [0.717, 1.165) is 28.7 Å². The van der Waals surface area contributed by atoms with Crippen molar-refractivity contribution in [2.75, 3.05) is 6.54 Å². The molecule has 4 saturated carbocycles. The second-order valence-electron chi connectivity index (χ2n) is 8.93. The Labute approximate surface area is 158 Å². The summed E-state index contributed by atoms with van der Waals surface area (Å²) in [5.74, 6) is 2.27. The van der Waals surface area contributed by atoms with Gasteiger partial charge in [0.1, 0.15) is 0 Å². The minimum absolute atomic E-state index is 0.285. The summed E-state index contributed by atoms with van der Waals surface area (Å²) in [6, 6.07) is 7.26. The predicted octanol–water partition coefficient (Wildman–Crippen LogP) is 3.33. The predicted molar refractivity (Wildman–Crippen MR) is 103 cm³/mol. The number of fused-ring (bicyclic) bond motifs is 1. The van der Waals surface area contributed by atoms with Crippen molar-refractivity contribution in [3.63, 3.8) is 0 Å². The van der Waals surface area contributed by atoms with Gasteiger partial charge in [0.05, 0.1) is 5.56 Å². The third kappa shape index (κ3) is 3.07. The van der Waals surface area contributed by atoms with Gasteiger partial charge >= 0.3 is 6.03 Å². The summed E-state index contributed by atoms with van der Waals surface area (Å²) in [6.07, 6.45) is 9.60. The van der Waals surface area contributed by atoms with Crippen LogP contribution in [0, 0.1) is 23.2 Å². The molecule has 1 heterocycles. The third-order valence-electron chi connectivity index (χ3n) is 6.91. The van der Waals surface area contributed by atoms with Crippen LogP contribution in [0.1, 0.15) is 48.9 Å². The van der Waals surface area contributed by atoms with Crippen molar-refractivity contribution >= 4 is 22.8 Å². The highest BCUT2D eigenvalue weighted by atomic mass is 16.2. The van der Waals surface area contributed by atoms with Gasteiger partial charge in [-0.1, -0.05) is 18.2 Å². The van der Waals surface area contributed by atoms with E-state index in [1.165, 1.54) is 38.5 Å². The summed E-state index contributed by atoms with van der Waals surface area (Å²) < 4.78 is 0. The Bertz CT molecular complexity index is 852. The summed E-state index contributed by atoms with van der Waals surface area (Å²) in [5.41, 5.74) is 6.72. The number of H-pyrrole nitrogens is 1. The fraction of sp³-hybridized carbons (Fsp3) is 0.524. The Morgan fingerprint density at radius 1 is 1.00 bits per heavy atom. The van der Waals surface area contributed by atoms with Gasteiger partial charge in [0, 0.05) is 23.6 Å². The fourth-order valence-corrected chi connectivity index (χ4v) is 6.26. The lowest BCUT2D eigenvalue weighted by Gasteiger charge is -2.56. The molecule has 1 aromatic carbocycles. The minimum Gasteiger partial charge on any atom is -0.360 e. The first-order chi connectivity index (χ1) is 13.1. The van der Waals surface area contributed by atoms with Crippen LogP contribution in [0.2, 0.25) is 0 Å². The molecular weight excluding hydrogens is 340 g/mol. The average Bonchev–Trinajstić information content (AvgIpc) is 3.08. The van der Waals surface area contributed by atoms with Crippen molar-refractivity contribution in [3.8, 4) is 0 Å². The van der Waals surface area contributed by atoms with E-state index >= 15 is 0 Å². The molecule has 4 bridgehead atoms. The van der Waals surface area contributed by atoms with Gasteiger partial charge in [-0.2, -0.15) is 0 Å². The van der Waals surface area contributed by atoms with E-state index < -0.39 is 0 Å². The van der Waals surface area contributed by atoms with Crippen LogP contribution in [0.15, 0.2) is 30.5 Å². The fourth-order valence-electron chi connectivity index (χ4n) is 6.26. The molecule has 142 valence electrons. The Hall–Kier alpha value is -2.50. The maximum atomic E-state index is 12.4. The molecule has 4 fully saturated rings. The molecule has 0 spiro atoms. The zero-order chi connectivity index (χ0) is 18.4. The van der Waals surface area contributed by atoms with Crippen LogP contribution in [-0.4, -0.2) is 23.5 Å². The second-order valence-corrected chi connectivity index (χ2v) is 8.93. The molecule has 4 aliphatic rings. The maximum Gasteiger partial charge on any atom is 0.333 e. The zero-order valence-electron chi connectivity index (χ0n) is 15.4. The van der Waals surface area contributed by atoms with Crippen LogP contribution in [0.5, 0.6) is 0 Å². The molecule has 3 amide bonds. The van der Waals surface area contributed by atoms with Gasteiger partial charge in [-0.3, -0.25) is 10.2 Å². The molecule has 27 heavy (non-hydrogen) atoms. The minimum atomic E-state index is -0.334. The van der Waals surface area contributed by atoms with E-state index in [-0.39, 0.29) is 17.4 Å². The monoisotopic (exact) mass is 366 g/mol. The Kier molecular flexibility index (Phi) is 3.88. The number of nitrogens with one attached hydrogen (secondary N) is 4. The van der Waals surface area contributed by atoms with Crippen LogP contribution in [0.25, 0.3) is 10.9 Å². The van der Waals surface area contributed by atoms with Crippen molar-refractivity contribution in [1.82, 2.24) is 21.2 Å². The Morgan fingerprint density at radius 2 is 1.67 bits per heavy atom. The molecule has 4 N–H and O–H groups in total. The molecule has 6 rings (SSSR count). The Balaban J connectivity index is 1.15. The standard InChI is InChI=1S/C21H26N4O2/c26-19(17-11-22-18-4-2-1-3-16(17)18)24-25-20(27)23-12-21-8-13-5-14(9-21)7-15(6-13)10-21/h1-4,11,13-15,22H,5-10,12H2,(H,24,26)(H2,23,25,27). The van der Waals surface area contributed by atoms with Crippen LogP contribution >= 0.6 is 0 Å². The van der Waals surface area contributed by atoms with Crippen molar-refractivity contribution in [1.29, 1.82) is 0 Å². The number of aromatic amines is 1. The molecule has 0 saturated heterocycles. The lowest BCUT2D eigenvalue weighted by atomic mass is 9.49. The lowest BCUT2D eigenvalue weighted by molar-refractivity contribution is -0.0498. The van der Waals surface area contributed by atoms with E-state index in [1.54, 1.807) is 6.20 Å². The first kappa shape index (κ1) is 16.7. The molecule has 1 aromatic heterocycles. The number of carbonyl (C=O) groups excluding carboxylic acids is 2. The number of aromatic nitrogens is 1. The first-order valence-electron chi connectivity index (χ1n) is 10.0. The van der Waals surface area contributed by atoms with Crippen LogP contribution in [-0.2, 0) is 0 Å². The van der Waals surface area contributed by atoms with Gasteiger partial charge in [0.25, 0.3) is 5.91 Å². The van der Waals surface area contributed by atoms with Crippen molar-refractivity contribution in [2.45, 2.75) is 38.5 Å². The van der Waals surface area contributed by atoms with Gasteiger partial charge in [0.15, 0.2) is 0 Å². The molecule has 0 radical (unpaired) electrons. The molecule has 4 aliphatic carbocycles. The number of hydrazine groups is 1. The topological polar surface area (TPSA) is 86.0 Å².